The van der Waals surface area contributed by atoms with Gasteiger partial charge >= 0.3 is 0 Å². The van der Waals surface area contributed by atoms with Crippen LogP contribution in [0, 0.1) is 0 Å². The number of carbonyl (C=O) groups excluding carboxylic acids is 1. The molecule has 1 unspecified atom stereocenters. The number of aryl methyl sites for hydroxylation is 1. The van der Waals surface area contributed by atoms with Gasteiger partial charge in [-0.1, -0.05) is 23.7 Å². The zero-order valence-electron chi connectivity index (χ0n) is 17.3. The summed E-state index contributed by atoms with van der Waals surface area (Å²) in [5.74, 6) is 0.643. The molecule has 3 rings (SSSR count). The number of nitrogens with zero attached hydrogens (tertiary/aromatic N) is 3. The van der Waals surface area contributed by atoms with E-state index in [4.69, 9.17) is 21.2 Å². The van der Waals surface area contributed by atoms with Gasteiger partial charge in [-0.2, -0.15) is 5.10 Å². The lowest BCUT2D eigenvalue weighted by atomic mass is 10.1. The van der Waals surface area contributed by atoms with E-state index in [1.165, 1.54) is 25.0 Å². The molecule has 6 nitrogen and oxygen atoms in total. The van der Waals surface area contributed by atoms with Crippen molar-refractivity contribution in [2.75, 3.05) is 7.11 Å². The van der Waals surface area contributed by atoms with E-state index in [1.807, 2.05) is 24.3 Å². The normalized spacial score (nSPS) is 12.1. The van der Waals surface area contributed by atoms with E-state index in [2.05, 4.69) is 5.10 Å². The number of alkyl halides is 2. The second kappa shape index (κ2) is 9.89. The van der Waals surface area contributed by atoms with Crippen molar-refractivity contribution in [1.82, 2.24) is 14.8 Å². The zero-order valence-corrected chi connectivity index (χ0v) is 18.0. The van der Waals surface area contributed by atoms with Gasteiger partial charge in [0.15, 0.2) is 0 Å². The summed E-state index contributed by atoms with van der Waals surface area (Å²) < 4.78 is 33.4. The average molecular weight is 450 g/mol. The van der Waals surface area contributed by atoms with Gasteiger partial charge in [0.05, 0.1) is 18.7 Å². The first kappa shape index (κ1) is 22.7. The molecule has 1 heterocycles. The Balaban J connectivity index is 1.68. The van der Waals surface area contributed by atoms with Gasteiger partial charge in [-0.25, -0.2) is 13.8 Å². The molecule has 164 valence electrons. The highest BCUT2D eigenvalue weighted by molar-refractivity contribution is 6.30. The molecule has 0 aliphatic carbocycles. The van der Waals surface area contributed by atoms with Crippen molar-refractivity contribution in [3.8, 4) is 11.5 Å². The third-order valence-corrected chi connectivity index (χ3v) is 4.85. The lowest BCUT2D eigenvalue weighted by Gasteiger charge is -2.26. The second-order valence-electron chi connectivity index (χ2n) is 6.97. The number of hydroxylamine groups is 2. The first-order valence-electron chi connectivity index (χ1n) is 9.50. The van der Waals surface area contributed by atoms with Crippen LogP contribution in [0.1, 0.15) is 35.0 Å². The van der Waals surface area contributed by atoms with Crippen molar-refractivity contribution in [2.24, 2.45) is 7.05 Å². The maximum Gasteiger partial charge on any atom is 0.282 e. The number of rotatable bonds is 8. The van der Waals surface area contributed by atoms with Crippen molar-refractivity contribution < 1.29 is 23.1 Å². The molecule has 0 N–H and O–H groups in total. The highest BCUT2D eigenvalue weighted by Crippen LogP contribution is 2.25. The quantitative estimate of drug-likeness (QED) is 0.430. The van der Waals surface area contributed by atoms with Gasteiger partial charge in [-0.15, -0.1) is 0 Å². The van der Waals surface area contributed by atoms with Crippen LogP contribution in [-0.2, 0) is 18.3 Å². The number of hydrogen-bond acceptors (Lipinski definition) is 4. The molecule has 1 aromatic heterocycles. The number of ether oxygens (including phenoxy) is 1. The van der Waals surface area contributed by atoms with E-state index in [-0.39, 0.29) is 5.56 Å². The van der Waals surface area contributed by atoms with Gasteiger partial charge in [-0.3, -0.25) is 14.3 Å². The lowest BCUT2D eigenvalue weighted by Crippen LogP contribution is -2.39. The Bertz CT molecular complexity index is 1020. The second-order valence-corrected chi connectivity index (χ2v) is 7.41. The molecular formula is C22H22ClF2N3O3. The fourth-order valence-electron chi connectivity index (χ4n) is 3.17. The monoisotopic (exact) mass is 449 g/mol. The number of benzene rings is 2. The highest BCUT2D eigenvalue weighted by atomic mass is 35.5. The van der Waals surface area contributed by atoms with Crippen LogP contribution < -0.4 is 4.74 Å². The SMILES string of the molecule is CON(C(=O)c1cn(C)nc1C(F)F)C(C)Cc1ccc(Oc2ccc(Cl)cc2)cc1. The van der Waals surface area contributed by atoms with Crippen LogP contribution >= 0.6 is 11.6 Å². The summed E-state index contributed by atoms with van der Waals surface area (Å²) in [4.78, 5) is 18.0. The van der Waals surface area contributed by atoms with Crippen LogP contribution in [0.15, 0.2) is 54.7 Å². The summed E-state index contributed by atoms with van der Waals surface area (Å²) in [5, 5.41) is 5.39. The number of halogens is 3. The topological polar surface area (TPSA) is 56.6 Å². The summed E-state index contributed by atoms with van der Waals surface area (Å²) in [6, 6.07) is 14.0. The summed E-state index contributed by atoms with van der Waals surface area (Å²) >= 11 is 5.87. The van der Waals surface area contributed by atoms with Crippen LogP contribution in [-0.4, -0.2) is 33.9 Å². The van der Waals surface area contributed by atoms with Crippen LogP contribution in [0.25, 0.3) is 0 Å². The first-order valence-corrected chi connectivity index (χ1v) is 9.88. The Morgan fingerprint density at radius 3 is 2.26 bits per heavy atom. The summed E-state index contributed by atoms with van der Waals surface area (Å²) in [6.45, 7) is 1.78. The van der Waals surface area contributed by atoms with Gasteiger partial charge in [0, 0.05) is 18.3 Å². The molecule has 3 aromatic rings. The molecule has 0 aliphatic rings. The Morgan fingerprint density at radius 1 is 1.13 bits per heavy atom. The predicted molar refractivity (Wildman–Crippen MR) is 112 cm³/mol. The summed E-state index contributed by atoms with van der Waals surface area (Å²) in [5.41, 5.74) is 0.175. The van der Waals surface area contributed by atoms with Crippen molar-refractivity contribution >= 4 is 17.5 Å². The smallest absolute Gasteiger partial charge is 0.282 e. The first-order chi connectivity index (χ1) is 14.8. The van der Waals surface area contributed by atoms with Gasteiger partial charge in [-0.05, 0) is 55.3 Å². The Kier molecular flexibility index (Phi) is 7.25. The Labute approximate surface area is 183 Å². The standard InChI is InChI=1S/C22H22ClF2N3O3/c1-14(28(30-3)22(29)19-13-27(2)26-20(19)21(24)25)12-15-4-8-17(9-5-15)31-18-10-6-16(23)7-11-18/h4-11,13-14,21H,12H2,1-3H3. The Hall–Kier alpha value is -2.97. The third-order valence-electron chi connectivity index (χ3n) is 4.60. The number of aromatic nitrogens is 2. The molecule has 1 amide bonds. The molecule has 0 saturated heterocycles. The molecular weight excluding hydrogens is 428 g/mol. The third kappa shape index (κ3) is 5.59. The van der Waals surface area contributed by atoms with Crippen molar-refractivity contribution in [2.45, 2.75) is 25.8 Å². The minimum absolute atomic E-state index is 0.182. The largest absolute Gasteiger partial charge is 0.457 e. The van der Waals surface area contributed by atoms with Crippen molar-refractivity contribution in [3.05, 3.63) is 76.6 Å². The van der Waals surface area contributed by atoms with Crippen molar-refractivity contribution in [1.29, 1.82) is 0 Å². The minimum atomic E-state index is -2.86. The number of hydrogen-bond donors (Lipinski definition) is 0. The van der Waals surface area contributed by atoms with Crippen LogP contribution in [0.4, 0.5) is 8.78 Å². The molecule has 31 heavy (non-hydrogen) atoms. The maximum absolute atomic E-state index is 13.2. The van der Waals surface area contributed by atoms with E-state index in [0.717, 1.165) is 10.6 Å². The number of carbonyl (C=O) groups is 1. The van der Waals surface area contributed by atoms with E-state index in [9.17, 15) is 13.6 Å². The van der Waals surface area contributed by atoms with Crippen LogP contribution in [0.5, 0.6) is 11.5 Å². The fourth-order valence-corrected chi connectivity index (χ4v) is 3.30. The molecule has 0 saturated carbocycles. The predicted octanol–water partition coefficient (Wildman–Crippen LogP) is 5.44. The van der Waals surface area contributed by atoms with Gasteiger partial charge in [0.2, 0.25) is 0 Å². The van der Waals surface area contributed by atoms with E-state index in [1.54, 1.807) is 31.2 Å². The lowest BCUT2D eigenvalue weighted by molar-refractivity contribution is -0.119. The zero-order chi connectivity index (χ0) is 22.5. The summed E-state index contributed by atoms with van der Waals surface area (Å²) in [7, 11) is 2.81. The van der Waals surface area contributed by atoms with Gasteiger partial charge in [0.25, 0.3) is 12.3 Å². The van der Waals surface area contributed by atoms with E-state index in [0.29, 0.717) is 22.9 Å². The van der Waals surface area contributed by atoms with E-state index < -0.39 is 24.1 Å². The molecule has 0 fully saturated rings. The van der Waals surface area contributed by atoms with Gasteiger partial charge < -0.3 is 4.74 Å². The van der Waals surface area contributed by atoms with Crippen LogP contribution in [0.2, 0.25) is 5.02 Å². The fraction of sp³-hybridized carbons (Fsp3) is 0.273. The van der Waals surface area contributed by atoms with Gasteiger partial charge in [0.1, 0.15) is 17.2 Å². The van der Waals surface area contributed by atoms with Crippen LogP contribution in [0.3, 0.4) is 0 Å². The molecule has 2 aromatic carbocycles. The van der Waals surface area contributed by atoms with E-state index >= 15 is 0 Å². The molecule has 0 spiro atoms. The number of amides is 1. The average Bonchev–Trinajstić information content (AvgIpc) is 3.14. The molecule has 0 radical (unpaired) electrons. The minimum Gasteiger partial charge on any atom is -0.457 e. The molecule has 1 atom stereocenters. The molecule has 0 aliphatic heterocycles. The highest BCUT2D eigenvalue weighted by Gasteiger charge is 2.29. The van der Waals surface area contributed by atoms with Crippen molar-refractivity contribution in [3.63, 3.8) is 0 Å². The molecule has 0 bridgehead atoms. The molecule has 9 heteroatoms. The summed E-state index contributed by atoms with van der Waals surface area (Å²) in [6.07, 6.45) is -1.14. The maximum atomic E-state index is 13.2. The Morgan fingerprint density at radius 2 is 1.71 bits per heavy atom.